The summed E-state index contributed by atoms with van der Waals surface area (Å²) < 4.78 is 42.8. The van der Waals surface area contributed by atoms with Crippen LogP contribution in [0.2, 0.25) is 0 Å². The molecule has 2 heterocycles. The maximum Gasteiger partial charge on any atom is 0.417 e. The first kappa shape index (κ1) is 20.0. The van der Waals surface area contributed by atoms with Gasteiger partial charge in [0.1, 0.15) is 11.3 Å². The summed E-state index contributed by atoms with van der Waals surface area (Å²) in [6.45, 7) is 6.78. The van der Waals surface area contributed by atoms with Gasteiger partial charge in [-0.2, -0.15) is 13.2 Å². The van der Waals surface area contributed by atoms with Crippen LogP contribution >= 0.6 is 0 Å². The van der Waals surface area contributed by atoms with E-state index in [1.165, 1.54) is 4.90 Å². The summed E-state index contributed by atoms with van der Waals surface area (Å²) in [6, 6.07) is 1.83. The number of alkyl halides is 3. The Balaban J connectivity index is 1.85. The van der Waals surface area contributed by atoms with E-state index in [1.54, 1.807) is 25.8 Å². The summed E-state index contributed by atoms with van der Waals surface area (Å²) >= 11 is 0. The van der Waals surface area contributed by atoms with Gasteiger partial charge in [0.05, 0.1) is 5.56 Å². The normalized spacial score (nSPS) is 16.3. The van der Waals surface area contributed by atoms with E-state index in [-0.39, 0.29) is 5.69 Å². The molecule has 2 rings (SSSR count). The zero-order valence-corrected chi connectivity index (χ0v) is 14.8. The molecule has 1 saturated heterocycles. The molecule has 0 spiro atoms. The van der Waals surface area contributed by atoms with E-state index in [4.69, 9.17) is 4.74 Å². The number of amides is 2. The number of ether oxygens (including phenoxy) is 1. The molecule has 1 aliphatic rings. The summed E-state index contributed by atoms with van der Waals surface area (Å²) in [5.74, 6) is -0.607. The van der Waals surface area contributed by atoms with Crippen molar-refractivity contribution in [1.29, 1.82) is 0 Å². The second-order valence-electron chi connectivity index (χ2n) is 6.83. The zero-order valence-electron chi connectivity index (χ0n) is 14.8. The minimum atomic E-state index is -4.50. The molecule has 144 valence electrons. The molecule has 1 N–H and O–H groups in total. The van der Waals surface area contributed by atoms with Crippen molar-refractivity contribution in [2.24, 2.45) is 0 Å². The van der Waals surface area contributed by atoms with Crippen LogP contribution in [0.1, 0.15) is 36.8 Å². The number of piperazine rings is 1. The average Bonchev–Trinajstić information content (AvgIpc) is 2.53. The Kier molecular flexibility index (Phi) is 5.74. The van der Waals surface area contributed by atoms with E-state index in [2.05, 4.69) is 10.4 Å². The van der Waals surface area contributed by atoms with Gasteiger partial charge in [-0.05, 0) is 32.9 Å². The summed E-state index contributed by atoms with van der Waals surface area (Å²) in [4.78, 5) is 29.1. The molecular formula is C16H21F3N4O3. The van der Waals surface area contributed by atoms with Crippen LogP contribution in [0, 0.1) is 0 Å². The van der Waals surface area contributed by atoms with Gasteiger partial charge < -0.3 is 9.64 Å². The van der Waals surface area contributed by atoms with Gasteiger partial charge >= 0.3 is 12.3 Å². The van der Waals surface area contributed by atoms with Crippen molar-refractivity contribution < 1.29 is 27.5 Å². The molecule has 7 nitrogen and oxygen atoms in total. The lowest BCUT2D eigenvalue weighted by atomic mass is 10.2. The van der Waals surface area contributed by atoms with Crippen molar-refractivity contribution in [2.45, 2.75) is 32.5 Å². The van der Waals surface area contributed by atoms with Gasteiger partial charge in [-0.1, -0.05) is 0 Å². The van der Waals surface area contributed by atoms with Crippen LogP contribution < -0.4 is 5.43 Å². The Morgan fingerprint density at radius 2 is 1.73 bits per heavy atom. The zero-order chi connectivity index (χ0) is 19.5. The van der Waals surface area contributed by atoms with E-state index < -0.39 is 29.3 Å². The summed E-state index contributed by atoms with van der Waals surface area (Å²) in [6.07, 6.45) is -4.30. The molecule has 1 fully saturated rings. The van der Waals surface area contributed by atoms with Crippen LogP contribution in [0.4, 0.5) is 18.0 Å². The second-order valence-corrected chi connectivity index (χ2v) is 6.83. The van der Waals surface area contributed by atoms with E-state index in [9.17, 15) is 22.8 Å². The quantitative estimate of drug-likeness (QED) is 0.860. The van der Waals surface area contributed by atoms with Gasteiger partial charge in [0.15, 0.2) is 0 Å². The number of rotatable bonds is 2. The molecule has 0 unspecified atom stereocenters. The predicted octanol–water partition coefficient (Wildman–Crippen LogP) is 2.30. The van der Waals surface area contributed by atoms with Crippen molar-refractivity contribution >= 4 is 12.0 Å². The van der Waals surface area contributed by atoms with Crippen LogP contribution in [-0.4, -0.2) is 58.7 Å². The fourth-order valence-corrected chi connectivity index (χ4v) is 2.22. The van der Waals surface area contributed by atoms with Crippen molar-refractivity contribution in [3.63, 3.8) is 0 Å². The van der Waals surface area contributed by atoms with E-state index in [0.717, 1.165) is 12.1 Å². The second kappa shape index (κ2) is 7.48. The fraction of sp³-hybridized carbons (Fsp3) is 0.562. The number of nitrogens with one attached hydrogen (secondary N) is 1. The van der Waals surface area contributed by atoms with Crippen molar-refractivity contribution in [3.8, 4) is 0 Å². The summed E-state index contributed by atoms with van der Waals surface area (Å²) in [5.41, 5.74) is 0.952. The SMILES string of the molecule is CC(C)(C)OC(=O)N1CCN(NC(=O)c2ccc(C(F)(F)F)cn2)CC1. The molecule has 0 saturated carbocycles. The monoisotopic (exact) mass is 374 g/mol. The first-order valence-electron chi connectivity index (χ1n) is 8.03. The Labute approximate surface area is 149 Å². The van der Waals surface area contributed by atoms with E-state index in [0.29, 0.717) is 32.4 Å². The lowest BCUT2D eigenvalue weighted by Crippen LogP contribution is -2.55. The molecule has 1 aromatic heterocycles. The van der Waals surface area contributed by atoms with E-state index >= 15 is 0 Å². The van der Waals surface area contributed by atoms with Gasteiger partial charge in [0.2, 0.25) is 0 Å². The first-order valence-corrected chi connectivity index (χ1v) is 8.03. The number of hydrazine groups is 1. The highest BCUT2D eigenvalue weighted by molar-refractivity contribution is 5.91. The highest BCUT2D eigenvalue weighted by Crippen LogP contribution is 2.28. The molecule has 10 heteroatoms. The minimum absolute atomic E-state index is 0.118. The van der Waals surface area contributed by atoms with E-state index in [1.807, 2.05) is 0 Å². The third-order valence-electron chi connectivity index (χ3n) is 3.51. The lowest BCUT2D eigenvalue weighted by molar-refractivity contribution is -0.137. The summed E-state index contributed by atoms with van der Waals surface area (Å²) in [5, 5.41) is 1.59. The number of pyridine rings is 1. The molecule has 1 aliphatic heterocycles. The molecule has 0 radical (unpaired) electrons. The van der Waals surface area contributed by atoms with Crippen molar-refractivity contribution in [1.82, 2.24) is 20.3 Å². The van der Waals surface area contributed by atoms with Gasteiger partial charge in [-0.25, -0.2) is 9.80 Å². The Morgan fingerprint density at radius 3 is 2.19 bits per heavy atom. The van der Waals surface area contributed by atoms with Crippen LogP contribution in [-0.2, 0) is 10.9 Å². The Hall–Kier alpha value is -2.36. The number of hydrogen-bond acceptors (Lipinski definition) is 5. The summed E-state index contributed by atoms with van der Waals surface area (Å²) in [7, 11) is 0. The van der Waals surface area contributed by atoms with Gasteiger partial charge in [0.25, 0.3) is 5.91 Å². The number of halogens is 3. The predicted molar refractivity (Wildman–Crippen MR) is 86.1 cm³/mol. The lowest BCUT2D eigenvalue weighted by Gasteiger charge is -2.35. The van der Waals surface area contributed by atoms with Crippen LogP contribution in [0.25, 0.3) is 0 Å². The maximum absolute atomic E-state index is 12.5. The molecule has 0 aliphatic carbocycles. The molecule has 2 amide bonds. The molecule has 0 atom stereocenters. The maximum atomic E-state index is 12.5. The molecule has 1 aromatic rings. The third kappa shape index (κ3) is 5.58. The van der Waals surface area contributed by atoms with Crippen LogP contribution in [0.3, 0.4) is 0 Å². The smallest absolute Gasteiger partial charge is 0.417 e. The molecule has 26 heavy (non-hydrogen) atoms. The fourth-order valence-electron chi connectivity index (χ4n) is 2.22. The Bertz CT molecular complexity index is 648. The van der Waals surface area contributed by atoms with Gasteiger partial charge in [-0.15, -0.1) is 0 Å². The number of carbonyl (C=O) groups is 2. The van der Waals surface area contributed by atoms with Crippen LogP contribution in [0.15, 0.2) is 18.3 Å². The van der Waals surface area contributed by atoms with Crippen molar-refractivity contribution in [3.05, 3.63) is 29.6 Å². The molecular weight excluding hydrogens is 353 g/mol. The van der Waals surface area contributed by atoms with Gasteiger partial charge in [0, 0.05) is 32.4 Å². The molecule has 0 aromatic carbocycles. The number of hydrogen-bond donors (Lipinski definition) is 1. The standard InChI is InChI=1S/C16H21F3N4O3/c1-15(2,3)26-14(25)22-6-8-23(9-7-22)21-13(24)12-5-4-11(10-20-12)16(17,18)19/h4-5,10H,6-9H2,1-3H3,(H,21,24). The number of aromatic nitrogens is 1. The first-order chi connectivity index (χ1) is 12.0. The van der Waals surface area contributed by atoms with Gasteiger partial charge in [-0.3, -0.25) is 15.2 Å². The number of carbonyl (C=O) groups excluding carboxylic acids is 2. The topological polar surface area (TPSA) is 74.8 Å². The largest absolute Gasteiger partial charge is 0.444 e. The highest BCUT2D eigenvalue weighted by atomic mass is 19.4. The minimum Gasteiger partial charge on any atom is -0.444 e. The van der Waals surface area contributed by atoms with Crippen LogP contribution in [0.5, 0.6) is 0 Å². The Morgan fingerprint density at radius 1 is 1.12 bits per heavy atom. The third-order valence-corrected chi connectivity index (χ3v) is 3.51. The highest BCUT2D eigenvalue weighted by Gasteiger charge is 2.31. The average molecular weight is 374 g/mol. The number of nitrogens with zero attached hydrogens (tertiary/aromatic N) is 3. The molecule has 0 bridgehead atoms. The van der Waals surface area contributed by atoms with Crippen molar-refractivity contribution in [2.75, 3.05) is 26.2 Å².